The molecule has 1 saturated carbocycles. The number of ether oxygens (including phenoxy) is 1. The number of rotatable bonds is 12. The molecule has 1 aromatic rings. The number of carbonyl (C=O) groups excluding carboxylic acids is 1. The lowest BCUT2D eigenvalue weighted by molar-refractivity contribution is 0.0161. The minimum absolute atomic E-state index is 0.111. The van der Waals surface area contributed by atoms with Crippen molar-refractivity contribution in [1.29, 1.82) is 0 Å². The van der Waals surface area contributed by atoms with Crippen LogP contribution in [0.5, 0.6) is 0 Å². The van der Waals surface area contributed by atoms with E-state index >= 15 is 0 Å². The van der Waals surface area contributed by atoms with Crippen molar-refractivity contribution in [2.45, 2.75) is 123 Å². The Morgan fingerprint density at radius 1 is 0.812 bits per heavy atom. The van der Waals surface area contributed by atoms with Gasteiger partial charge < -0.3 is 4.74 Å². The van der Waals surface area contributed by atoms with Gasteiger partial charge in [-0.05, 0) is 80.1 Å². The minimum Gasteiger partial charge on any atom is -0.459 e. The van der Waals surface area contributed by atoms with Crippen molar-refractivity contribution in [3.8, 4) is 0 Å². The van der Waals surface area contributed by atoms with Crippen LogP contribution in [0.4, 0.5) is 0 Å². The highest BCUT2D eigenvalue weighted by Crippen LogP contribution is 2.33. The molecular formula is C30H46O2. The summed E-state index contributed by atoms with van der Waals surface area (Å²) in [7, 11) is 0. The van der Waals surface area contributed by atoms with E-state index in [0.29, 0.717) is 5.56 Å². The zero-order chi connectivity index (χ0) is 22.6. The monoisotopic (exact) mass is 438 g/mol. The number of hydrogen-bond acceptors (Lipinski definition) is 2. The predicted octanol–water partition coefficient (Wildman–Crippen LogP) is 9.14. The van der Waals surface area contributed by atoms with E-state index in [9.17, 15) is 4.79 Å². The lowest BCUT2D eigenvalue weighted by Crippen LogP contribution is -2.24. The number of unbranched alkanes of at least 4 members (excludes halogenated alkanes) is 5. The molecular weight excluding hydrogens is 392 g/mol. The molecule has 0 heterocycles. The lowest BCUT2D eigenvalue weighted by Gasteiger charge is -2.28. The van der Waals surface area contributed by atoms with Crippen LogP contribution in [0.3, 0.4) is 0 Å². The molecule has 2 heteroatoms. The molecule has 0 spiro atoms. The molecule has 0 bridgehead atoms. The Labute approximate surface area is 197 Å². The minimum atomic E-state index is -0.143. The standard InChI is InChI=1S/C30H46O2/c1-3-5-7-9-11-24-12-16-26(17-13-24)27-18-20-28(21-19-27)30(31)32-29-22-14-25(15-23-29)10-8-6-4-2/h16,18-21,24-25,29H,3-15,17,22-23H2,1-2H3. The Morgan fingerprint density at radius 3 is 2.12 bits per heavy atom. The van der Waals surface area contributed by atoms with Gasteiger partial charge in [-0.1, -0.05) is 89.8 Å². The van der Waals surface area contributed by atoms with Gasteiger partial charge in [0.25, 0.3) is 0 Å². The van der Waals surface area contributed by atoms with Crippen LogP contribution in [0.15, 0.2) is 30.3 Å². The number of carbonyl (C=O) groups is 1. The molecule has 2 nitrogen and oxygen atoms in total. The molecule has 0 aromatic heterocycles. The van der Waals surface area contributed by atoms with E-state index in [1.54, 1.807) is 0 Å². The molecule has 178 valence electrons. The van der Waals surface area contributed by atoms with Crippen molar-refractivity contribution in [2.24, 2.45) is 11.8 Å². The Bertz CT molecular complexity index is 694. The van der Waals surface area contributed by atoms with Gasteiger partial charge in [-0.2, -0.15) is 0 Å². The van der Waals surface area contributed by atoms with E-state index in [1.807, 2.05) is 12.1 Å². The first-order valence-corrected chi connectivity index (χ1v) is 13.7. The molecule has 2 aliphatic rings. The van der Waals surface area contributed by atoms with E-state index in [0.717, 1.165) is 24.7 Å². The maximum Gasteiger partial charge on any atom is 0.338 e. The summed E-state index contributed by atoms with van der Waals surface area (Å²) in [5.41, 5.74) is 3.43. The van der Waals surface area contributed by atoms with Crippen LogP contribution in [0.2, 0.25) is 0 Å². The van der Waals surface area contributed by atoms with Crippen LogP contribution in [-0.4, -0.2) is 12.1 Å². The van der Waals surface area contributed by atoms with Crippen LogP contribution in [0.25, 0.3) is 5.57 Å². The normalized spacial score (nSPS) is 23.6. The molecule has 0 aliphatic heterocycles. The highest BCUT2D eigenvalue weighted by atomic mass is 16.5. The molecule has 32 heavy (non-hydrogen) atoms. The summed E-state index contributed by atoms with van der Waals surface area (Å²) in [6, 6.07) is 8.17. The van der Waals surface area contributed by atoms with Crippen molar-refractivity contribution in [2.75, 3.05) is 0 Å². The molecule has 0 N–H and O–H groups in total. The highest BCUT2D eigenvalue weighted by molar-refractivity contribution is 5.90. The third-order valence-corrected chi connectivity index (χ3v) is 7.76. The largest absolute Gasteiger partial charge is 0.459 e. The van der Waals surface area contributed by atoms with E-state index < -0.39 is 0 Å². The Morgan fingerprint density at radius 2 is 1.47 bits per heavy atom. The first-order chi connectivity index (χ1) is 15.7. The molecule has 1 unspecified atom stereocenters. The number of hydrogen-bond donors (Lipinski definition) is 0. The summed E-state index contributed by atoms with van der Waals surface area (Å²) in [5, 5.41) is 0. The first-order valence-electron chi connectivity index (χ1n) is 13.7. The van der Waals surface area contributed by atoms with Gasteiger partial charge >= 0.3 is 5.97 Å². The molecule has 1 aromatic carbocycles. The van der Waals surface area contributed by atoms with Gasteiger partial charge in [-0.3, -0.25) is 0 Å². The molecule has 1 fully saturated rings. The van der Waals surface area contributed by atoms with Crippen LogP contribution in [0.1, 0.15) is 133 Å². The van der Waals surface area contributed by atoms with Gasteiger partial charge in [0.05, 0.1) is 5.56 Å². The van der Waals surface area contributed by atoms with E-state index in [1.165, 1.54) is 101 Å². The van der Waals surface area contributed by atoms with E-state index in [-0.39, 0.29) is 12.1 Å². The summed E-state index contributed by atoms with van der Waals surface area (Å²) in [4.78, 5) is 12.6. The summed E-state index contributed by atoms with van der Waals surface area (Å²) in [5.74, 6) is 1.57. The maximum absolute atomic E-state index is 12.6. The summed E-state index contributed by atoms with van der Waals surface area (Å²) >= 11 is 0. The summed E-state index contributed by atoms with van der Waals surface area (Å²) in [6.45, 7) is 4.54. The van der Waals surface area contributed by atoms with Crippen molar-refractivity contribution in [3.63, 3.8) is 0 Å². The van der Waals surface area contributed by atoms with Gasteiger partial charge in [-0.15, -0.1) is 0 Å². The number of benzene rings is 1. The van der Waals surface area contributed by atoms with Gasteiger partial charge in [0.2, 0.25) is 0 Å². The average molecular weight is 439 g/mol. The zero-order valence-corrected chi connectivity index (χ0v) is 20.7. The van der Waals surface area contributed by atoms with Crippen LogP contribution in [-0.2, 0) is 4.74 Å². The SMILES string of the molecule is CCCCCCC1CC=C(c2ccc(C(=O)OC3CCC(CCCCC)CC3)cc2)CC1. The third kappa shape index (κ3) is 8.09. The second-order valence-electron chi connectivity index (χ2n) is 10.3. The van der Waals surface area contributed by atoms with Crippen molar-refractivity contribution >= 4 is 11.5 Å². The number of esters is 1. The quantitative estimate of drug-likeness (QED) is 0.240. The Hall–Kier alpha value is -1.57. The fourth-order valence-corrected chi connectivity index (χ4v) is 5.53. The van der Waals surface area contributed by atoms with Gasteiger partial charge in [0, 0.05) is 0 Å². The van der Waals surface area contributed by atoms with Crippen molar-refractivity contribution < 1.29 is 9.53 Å². The van der Waals surface area contributed by atoms with Crippen molar-refractivity contribution in [3.05, 3.63) is 41.5 Å². The third-order valence-electron chi connectivity index (χ3n) is 7.76. The predicted molar refractivity (Wildman–Crippen MR) is 136 cm³/mol. The maximum atomic E-state index is 12.6. The second-order valence-corrected chi connectivity index (χ2v) is 10.3. The van der Waals surface area contributed by atoms with Gasteiger partial charge in [-0.25, -0.2) is 4.79 Å². The van der Waals surface area contributed by atoms with Crippen molar-refractivity contribution in [1.82, 2.24) is 0 Å². The molecule has 0 amide bonds. The average Bonchev–Trinajstić information content (AvgIpc) is 2.84. The summed E-state index contributed by atoms with van der Waals surface area (Å²) < 4.78 is 5.85. The second kappa shape index (κ2) is 13.9. The smallest absolute Gasteiger partial charge is 0.338 e. The van der Waals surface area contributed by atoms with Gasteiger partial charge in [0.1, 0.15) is 6.10 Å². The molecule has 0 saturated heterocycles. The zero-order valence-electron chi connectivity index (χ0n) is 20.7. The van der Waals surface area contributed by atoms with E-state index in [2.05, 4.69) is 32.1 Å². The first kappa shape index (κ1) is 25.1. The summed E-state index contributed by atoms with van der Waals surface area (Å²) in [6.07, 6.45) is 23.0. The molecule has 1 atom stereocenters. The molecule has 3 rings (SSSR count). The highest BCUT2D eigenvalue weighted by Gasteiger charge is 2.24. The Kier molecular flexibility index (Phi) is 10.9. The van der Waals surface area contributed by atoms with Crippen LogP contribution < -0.4 is 0 Å². The van der Waals surface area contributed by atoms with Crippen LogP contribution in [0, 0.1) is 11.8 Å². The topological polar surface area (TPSA) is 26.3 Å². The lowest BCUT2D eigenvalue weighted by atomic mass is 9.83. The number of allylic oxidation sites excluding steroid dienone is 2. The van der Waals surface area contributed by atoms with E-state index in [4.69, 9.17) is 4.74 Å². The molecule has 0 radical (unpaired) electrons. The fourth-order valence-electron chi connectivity index (χ4n) is 5.53. The fraction of sp³-hybridized carbons (Fsp3) is 0.700. The molecule has 2 aliphatic carbocycles. The van der Waals surface area contributed by atoms with Gasteiger partial charge in [0.15, 0.2) is 0 Å². The Balaban J connectivity index is 1.41. The van der Waals surface area contributed by atoms with Crippen LogP contribution >= 0.6 is 0 Å².